The van der Waals surface area contributed by atoms with Gasteiger partial charge in [0.1, 0.15) is 6.10 Å². The highest BCUT2D eigenvalue weighted by Crippen LogP contribution is 2.62. The fraction of sp³-hybridized carbons (Fsp3) is 0.647. The van der Waals surface area contributed by atoms with E-state index in [9.17, 15) is 0 Å². The fourth-order valence-corrected chi connectivity index (χ4v) is 5.58. The summed E-state index contributed by atoms with van der Waals surface area (Å²) < 4.78 is 12.0. The third-order valence-corrected chi connectivity index (χ3v) is 6.24. The van der Waals surface area contributed by atoms with E-state index in [2.05, 4.69) is 17.4 Å². The average molecular weight is 271 g/mol. The van der Waals surface area contributed by atoms with Crippen molar-refractivity contribution in [3.63, 3.8) is 0 Å². The van der Waals surface area contributed by atoms with Crippen LogP contribution in [0.15, 0.2) is 12.1 Å². The van der Waals surface area contributed by atoms with Crippen molar-refractivity contribution in [2.75, 3.05) is 13.7 Å². The third-order valence-electron chi connectivity index (χ3n) is 6.24. The van der Waals surface area contributed by atoms with Crippen LogP contribution in [0.5, 0.6) is 11.5 Å². The molecule has 106 valence electrons. The topological polar surface area (TPSA) is 30.5 Å². The van der Waals surface area contributed by atoms with Gasteiger partial charge in [0.05, 0.1) is 7.11 Å². The minimum absolute atomic E-state index is 0.283. The number of hydrogen-bond donors (Lipinski definition) is 1. The molecule has 5 rings (SSSR count). The van der Waals surface area contributed by atoms with E-state index in [0.29, 0.717) is 12.1 Å². The van der Waals surface area contributed by atoms with Gasteiger partial charge in [0.2, 0.25) is 0 Å². The van der Waals surface area contributed by atoms with Gasteiger partial charge in [-0.15, -0.1) is 0 Å². The monoisotopic (exact) mass is 271 g/mol. The summed E-state index contributed by atoms with van der Waals surface area (Å²) in [6.45, 7) is 1.14. The van der Waals surface area contributed by atoms with Crippen LogP contribution >= 0.6 is 0 Å². The second-order valence-corrected chi connectivity index (χ2v) is 6.83. The Morgan fingerprint density at radius 3 is 3.20 bits per heavy atom. The smallest absolute Gasteiger partial charge is 0.165 e. The molecule has 1 N–H and O–H groups in total. The maximum Gasteiger partial charge on any atom is 0.165 e. The first kappa shape index (κ1) is 11.4. The third kappa shape index (κ3) is 1.13. The van der Waals surface area contributed by atoms with Crippen LogP contribution in [0.25, 0.3) is 0 Å². The van der Waals surface area contributed by atoms with E-state index in [1.54, 1.807) is 7.11 Å². The first-order chi connectivity index (χ1) is 9.84. The number of methoxy groups -OCH3 is 1. The molecule has 2 heterocycles. The number of piperidine rings is 1. The summed E-state index contributed by atoms with van der Waals surface area (Å²) in [6.07, 6.45) is 6.65. The molecule has 0 aromatic heterocycles. The molecule has 0 amide bonds. The van der Waals surface area contributed by atoms with Crippen LogP contribution in [-0.4, -0.2) is 25.8 Å². The maximum atomic E-state index is 6.45. The second kappa shape index (κ2) is 3.70. The highest BCUT2D eigenvalue weighted by molar-refractivity contribution is 5.60. The van der Waals surface area contributed by atoms with E-state index in [1.165, 1.54) is 36.8 Å². The zero-order valence-electron chi connectivity index (χ0n) is 11.9. The highest BCUT2D eigenvalue weighted by Gasteiger charge is 2.62. The van der Waals surface area contributed by atoms with Crippen molar-refractivity contribution in [3.8, 4) is 11.5 Å². The van der Waals surface area contributed by atoms with Crippen molar-refractivity contribution >= 4 is 0 Å². The molecule has 1 saturated heterocycles. The van der Waals surface area contributed by atoms with Crippen molar-refractivity contribution < 1.29 is 9.47 Å². The van der Waals surface area contributed by atoms with E-state index in [1.807, 2.05) is 0 Å². The number of rotatable bonds is 1. The van der Waals surface area contributed by atoms with Gasteiger partial charge in [0, 0.05) is 17.0 Å². The summed E-state index contributed by atoms with van der Waals surface area (Å²) in [5, 5.41) is 3.77. The molecule has 2 aliphatic carbocycles. The molecule has 2 fully saturated rings. The Hall–Kier alpha value is -1.22. The normalized spacial score (nSPS) is 40.0. The Morgan fingerprint density at radius 2 is 2.30 bits per heavy atom. The van der Waals surface area contributed by atoms with Crippen molar-refractivity contribution in [2.24, 2.45) is 5.92 Å². The molecular formula is C17H21NO2. The standard InChI is InChI=1S/C17H21NO2/c1-19-13-6-5-10-9-12-11-3-2-4-14-17(11,7-8-18-12)15(10)16(13)20-14/h5-6,11-12,14,18H,2-4,7-9H2,1H3/t11-,12+,14-,17+/m0/s1. The largest absolute Gasteiger partial charge is 0.493 e. The molecule has 2 bridgehead atoms. The summed E-state index contributed by atoms with van der Waals surface area (Å²) in [6, 6.07) is 5.02. The van der Waals surface area contributed by atoms with Gasteiger partial charge in [-0.25, -0.2) is 0 Å². The van der Waals surface area contributed by atoms with E-state index in [0.717, 1.165) is 30.4 Å². The van der Waals surface area contributed by atoms with Crippen LogP contribution < -0.4 is 14.8 Å². The maximum absolute atomic E-state index is 6.45. The molecular weight excluding hydrogens is 250 g/mol. The fourth-order valence-electron chi connectivity index (χ4n) is 5.58. The Bertz CT molecular complexity index is 585. The van der Waals surface area contributed by atoms with Crippen LogP contribution in [0.3, 0.4) is 0 Å². The molecule has 2 aliphatic heterocycles. The Morgan fingerprint density at radius 1 is 1.35 bits per heavy atom. The van der Waals surface area contributed by atoms with Gasteiger partial charge in [-0.1, -0.05) is 6.07 Å². The first-order valence-electron chi connectivity index (χ1n) is 7.95. The number of nitrogens with one attached hydrogen (secondary N) is 1. The molecule has 3 nitrogen and oxygen atoms in total. The van der Waals surface area contributed by atoms with Crippen molar-refractivity contribution in [1.82, 2.24) is 5.32 Å². The lowest BCUT2D eigenvalue weighted by atomic mass is 9.52. The minimum atomic E-state index is 0.283. The van der Waals surface area contributed by atoms with Crippen LogP contribution in [0.1, 0.15) is 36.8 Å². The Balaban J connectivity index is 1.81. The van der Waals surface area contributed by atoms with Crippen molar-refractivity contribution in [2.45, 2.75) is 49.7 Å². The van der Waals surface area contributed by atoms with Crippen LogP contribution in [0.2, 0.25) is 0 Å². The lowest BCUT2D eigenvalue weighted by Gasteiger charge is -2.55. The minimum Gasteiger partial charge on any atom is -0.493 e. The van der Waals surface area contributed by atoms with Gasteiger partial charge < -0.3 is 14.8 Å². The molecule has 0 radical (unpaired) electrons. The molecule has 1 spiro atoms. The van der Waals surface area contributed by atoms with Crippen molar-refractivity contribution in [3.05, 3.63) is 23.3 Å². The number of benzene rings is 1. The van der Waals surface area contributed by atoms with E-state index in [4.69, 9.17) is 9.47 Å². The molecule has 0 unspecified atom stereocenters. The SMILES string of the molecule is COc1ccc2c3c1O[C@H]1CCC[C@H]4[C@@H](C2)NCC[C@]314. The average Bonchev–Trinajstić information content (AvgIpc) is 2.80. The molecule has 1 saturated carbocycles. The molecule has 1 aromatic carbocycles. The Kier molecular flexibility index (Phi) is 2.12. The second-order valence-electron chi connectivity index (χ2n) is 6.83. The quantitative estimate of drug-likeness (QED) is 0.851. The first-order valence-corrected chi connectivity index (χ1v) is 7.95. The van der Waals surface area contributed by atoms with Gasteiger partial charge in [0.25, 0.3) is 0 Å². The zero-order valence-corrected chi connectivity index (χ0v) is 11.9. The molecule has 1 aromatic rings. The van der Waals surface area contributed by atoms with Gasteiger partial charge in [-0.05, 0) is 56.2 Å². The molecule has 20 heavy (non-hydrogen) atoms. The summed E-state index contributed by atoms with van der Waals surface area (Å²) in [7, 11) is 1.76. The predicted octanol–water partition coefficient (Wildman–Crippen LogP) is 2.41. The van der Waals surface area contributed by atoms with Gasteiger partial charge in [-0.3, -0.25) is 0 Å². The summed E-state index contributed by atoms with van der Waals surface area (Å²) >= 11 is 0. The lowest BCUT2D eigenvalue weighted by Crippen LogP contribution is -2.63. The lowest BCUT2D eigenvalue weighted by molar-refractivity contribution is 0.00298. The van der Waals surface area contributed by atoms with E-state index in [-0.39, 0.29) is 5.41 Å². The summed E-state index contributed by atoms with van der Waals surface area (Å²) in [4.78, 5) is 0. The highest BCUT2D eigenvalue weighted by atomic mass is 16.5. The van der Waals surface area contributed by atoms with E-state index < -0.39 is 0 Å². The molecule has 3 heteroatoms. The Labute approximate surface area is 119 Å². The van der Waals surface area contributed by atoms with Gasteiger partial charge in [0.15, 0.2) is 11.5 Å². The van der Waals surface area contributed by atoms with Crippen LogP contribution in [-0.2, 0) is 11.8 Å². The number of hydrogen-bond acceptors (Lipinski definition) is 3. The predicted molar refractivity (Wildman–Crippen MR) is 76.5 cm³/mol. The zero-order chi connectivity index (χ0) is 13.3. The van der Waals surface area contributed by atoms with Crippen molar-refractivity contribution in [1.29, 1.82) is 0 Å². The van der Waals surface area contributed by atoms with E-state index >= 15 is 0 Å². The van der Waals surface area contributed by atoms with Gasteiger partial charge >= 0.3 is 0 Å². The van der Waals surface area contributed by atoms with Gasteiger partial charge in [-0.2, -0.15) is 0 Å². The number of ether oxygens (including phenoxy) is 2. The molecule has 4 atom stereocenters. The summed E-state index contributed by atoms with van der Waals surface area (Å²) in [5.41, 5.74) is 3.30. The molecule has 4 aliphatic rings. The van der Waals surface area contributed by atoms with Crippen LogP contribution in [0, 0.1) is 5.92 Å². The summed E-state index contributed by atoms with van der Waals surface area (Å²) in [5.74, 6) is 2.77. The van der Waals surface area contributed by atoms with Crippen LogP contribution in [0.4, 0.5) is 0 Å².